The van der Waals surface area contributed by atoms with Crippen molar-refractivity contribution in [1.29, 1.82) is 0 Å². The summed E-state index contributed by atoms with van der Waals surface area (Å²) in [5, 5.41) is 0. The molecule has 0 spiro atoms. The fourth-order valence-corrected chi connectivity index (χ4v) is 5.61. The van der Waals surface area contributed by atoms with E-state index in [0.29, 0.717) is 0 Å². The summed E-state index contributed by atoms with van der Waals surface area (Å²) in [7, 11) is 0. The maximum Gasteiger partial charge on any atom is 0.250 e. The summed E-state index contributed by atoms with van der Waals surface area (Å²) in [6.07, 6.45) is 3.84. The second kappa shape index (κ2) is 5.09. The SMILES string of the molecule is C=C1C(=O)N2CCC1(c1ccc(C34CCN(CC3)C(=O)C4=C)cc1)CC2. The molecule has 6 heterocycles. The molecular weight excluding hydrogens is 324 g/mol. The lowest BCUT2D eigenvalue weighted by Gasteiger charge is -2.50. The molecular formula is C22H24N2O2. The molecule has 4 heteroatoms. The predicted octanol–water partition coefficient (Wildman–Crippen LogP) is 2.55. The summed E-state index contributed by atoms with van der Waals surface area (Å²) in [5.74, 6) is 0.229. The zero-order chi connectivity index (χ0) is 18.1. The summed E-state index contributed by atoms with van der Waals surface area (Å²) >= 11 is 0. The van der Waals surface area contributed by atoms with Crippen LogP contribution in [0.25, 0.3) is 0 Å². The number of hydrogen-bond donors (Lipinski definition) is 0. The first kappa shape index (κ1) is 15.9. The number of benzene rings is 1. The number of piperidine rings is 6. The minimum Gasteiger partial charge on any atom is -0.339 e. The van der Waals surface area contributed by atoms with Crippen molar-refractivity contribution in [3.05, 3.63) is 59.7 Å². The Morgan fingerprint density at radius 3 is 1.27 bits per heavy atom. The van der Waals surface area contributed by atoms with Crippen molar-refractivity contribution in [1.82, 2.24) is 9.80 Å². The Balaban J connectivity index is 1.52. The molecule has 1 aromatic carbocycles. The van der Waals surface area contributed by atoms with Gasteiger partial charge in [-0.3, -0.25) is 9.59 Å². The molecule has 0 radical (unpaired) electrons. The molecule has 1 aromatic rings. The van der Waals surface area contributed by atoms with Gasteiger partial charge < -0.3 is 9.80 Å². The normalized spacial score (nSPS) is 26.0. The monoisotopic (exact) mass is 348 g/mol. The fourth-order valence-electron chi connectivity index (χ4n) is 5.61. The van der Waals surface area contributed by atoms with E-state index in [2.05, 4.69) is 37.4 Å². The van der Waals surface area contributed by atoms with Crippen LogP contribution in [0.2, 0.25) is 0 Å². The molecule has 134 valence electrons. The maximum atomic E-state index is 12.4. The minimum absolute atomic E-state index is 0.115. The number of carbonyl (C=O) groups excluding carboxylic acids is 2. The van der Waals surface area contributed by atoms with Crippen LogP contribution in [-0.4, -0.2) is 47.8 Å². The van der Waals surface area contributed by atoms with Crippen LogP contribution in [0.15, 0.2) is 48.6 Å². The van der Waals surface area contributed by atoms with Gasteiger partial charge in [-0.1, -0.05) is 37.4 Å². The van der Waals surface area contributed by atoms with Crippen molar-refractivity contribution in [3.8, 4) is 0 Å². The summed E-state index contributed by atoms with van der Waals surface area (Å²) in [6.45, 7) is 11.6. The van der Waals surface area contributed by atoms with Gasteiger partial charge >= 0.3 is 0 Å². The van der Waals surface area contributed by atoms with Gasteiger partial charge in [-0.15, -0.1) is 0 Å². The first-order valence-corrected chi connectivity index (χ1v) is 9.56. The van der Waals surface area contributed by atoms with Crippen molar-refractivity contribution in [2.45, 2.75) is 36.5 Å². The molecule has 6 aliphatic rings. The molecule has 4 bridgehead atoms. The first-order chi connectivity index (χ1) is 12.5. The molecule has 0 atom stereocenters. The molecule has 6 aliphatic heterocycles. The van der Waals surface area contributed by atoms with Gasteiger partial charge in [0.15, 0.2) is 0 Å². The largest absolute Gasteiger partial charge is 0.339 e. The smallest absolute Gasteiger partial charge is 0.250 e. The van der Waals surface area contributed by atoms with E-state index in [-0.39, 0.29) is 22.6 Å². The first-order valence-electron chi connectivity index (χ1n) is 9.56. The van der Waals surface area contributed by atoms with E-state index in [1.54, 1.807) is 0 Å². The number of hydrogen-bond acceptors (Lipinski definition) is 2. The third-order valence-electron chi connectivity index (χ3n) is 7.47. The van der Waals surface area contributed by atoms with Crippen molar-refractivity contribution < 1.29 is 9.59 Å². The Morgan fingerprint density at radius 1 is 0.654 bits per heavy atom. The van der Waals surface area contributed by atoms with Gasteiger partial charge in [0.1, 0.15) is 0 Å². The number of fused-ring (bicyclic) bond motifs is 6. The molecule has 2 amide bonds. The van der Waals surface area contributed by atoms with E-state index in [1.165, 1.54) is 11.1 Å². The Labute approximate surface area is 154 Å². The summed E-state index contributed by atoms with van der Waals surface area (Å²) < 4.78 is 0. The molecule has 0 aliphatic carbocycles. The Hall–Kier alpha value is -2.36. The van der Waals surface area contributed by atoms with Gasteiger partial charge in [0.2, 0.25) is 11.8 Å². The summed E-state index contributed by atoms with van der Waals surface area (Å²) in [5.41, 5.74) is 3.47. The van der Waals surface area contributed by atoms with Crippen molar-refractivity contribution in [2.24, 2.45) is 0 Å². The van der Waals surface area contributed by atoms with Crippen LogP contribution in [0.3, 0.4) is 0 Å². The minimum atomic E-state index is -0.204. The van der Waals surface area contributed by atoms with Crippen LogP contribution in [0.4, 0.5) is 0 Å². The third-order valence-corrected chi connectivity index (χ3v) is 7.47. The molecule has 0 aromatic heterocycles. The molecule has 4 nitrogen and oxygen atoms in total. The zero-order valence-electron chi connectivity index (χ0n) is 15.1. The second-order valence-corrected chi connectivity index (χ2v) is 8.28. The molecule has 7 rings (SSSR count). The van der Waals surface area contributed by atoms with Crippen molar-refractivity contribution >= 4 is 11.8 Å². The maximum absolute atomic E-state index is 12.4. The lowest BCUT2D eigenvalue weighted by molar-refractivity contribution is -0.134. The highest BCUT2D eigenvalue weighted by molar-refractivity contribution is 5.98. The summed E-state index contributed by atoms with van der Waals surface area (Å²) in [6, 6.07) is 8.68. The van der Waals surface area contributed by atoms with E-state index in [9.17, 15) is 9.59 Å². The average molecular weight is 348 g/mol. The van der Waals surface area contributed by atoms with Crippen LogP contribution in [0.5, 0.6) is 0 Å². The lowest BCUT2D eigenvalue weighted by Crippen LogP contribution is -2.55. The quantitative estimate of drug-likeness (QED) is 0.771. The van der Waals surface area contributed by atoms with Gasteiger partial charge in [0.25, 0.3) is 0 Å². The molecule has 0 N–H and O–H groups in total. The number of rotatable bonds is 2. The van der Waals surface area contributed by atoms with Gasteiger partial charge in [-0.2, -0.15) is 0 Å². The molecule has 6 fully saturated rings. The van der Waals surface area contributed by atoms with E-state index < -0.39 is 0 Å². The molecule has 0 unspecified atom stereocenters. The predicted molar refractivity (Wildman–Crippen MR) is 99.7 cm³/mol. The van der Waals surface area contributed by atoms with Crippen LogP contribution in [0, 0.1) is 0 Å². The lowest BCUT2D eigenvalue weighted by atomic mass is 9.62. The Morgan fingerprint density at radius 2 is 0.962 bits per heavy atom. The number of amides is 2. The van der Waals surface area contributed by atoms with Crippen LogP contribution >= 0.6 is 0 Å². The van der Waals surface area contributed by atoms with E-state index >= 15 is 0 Å². The zero-order valence-corrected chi connectivity index (χ0v) is 15.1. The average Bonchev–Trinajstić information content (AvgIpc) is 2.70. The molecule has 0 saturated carbocycles. The van der Waals surface area contributed by atoms with Crippen LogP contribution < -0.4 is 0 Å². The van der Waals surface area contributed by atoms with Crippen LogP contribution in [-0.2, 0) is 20.4 Å². The van der Waals surface area contributed by atoms with Crippen molar-refractivity contribution in [3.63, 3.8) is 0 Å². The van der Waals surface area contributed by atoms with E-state index in [1.807, 2.05) is 9.80 Å². The fraction of sp³-hybridized carbons (Fsp3) is 0.455. The highest BCUT2D eigenvalue weighted by Gasteiger charge is 2.50. The number of carbonyl (C=O) groups is 2. The topological polar surface area (TPSA) is 40.6 Å². The van der Waals surface area contributed by atoms with Crippen LogP contribution in [0.1, 0.15) is 36.8 Å². The van der Waals surface area contributed by atoms with E-state index in [4.69, 9.17) is 0 Å². The molecule has 26 heavy (non-hydrogen) atoms. The Bertz CT molecular complexity index is 764. The van der Waals surface area contributed by atoms with E-state index in [0.717, 1.165) is 63.0 Å². The van der Waals surface area contributed by atoms with Gasteiger partial charge in [0, 0.05) is 48.2 Å². The highest BCUT2D eigenvalue weighted by Crippen LogP contribution is 2.49. The third kappa shape index (κ3) is 1.80. The Kier molecular flexibility index (Phi) is 3.10. The van der Waals surface area contributed by atoms with Crippen molar-refractivity contribution in [2.75, 3.05) is 26.2 Å². The number of nitrogens with zero attached hydrogens (tertiary/aromatic N) is 2. The van der Waals surface area contributed by atoms with Gasteiger partial charge in [-0.05, 0) is 36.8 Å². The van der Waals surface area contributed by atoms with Gasteiger partial charge in [-0.25, -0.2) is 0 Å². The summed E-state index contributed by atoms with van der Waals surface area (Å²) in [4.78, 5) is 28.7. The highest BCUT2D eigenvalue weighted by atomic mass is 16.2. The van der Waals surface area contributed by atoms with Gasteiger partial charge in [0.05, 0.1) is 0 Å². The molecule has 6 saturated heterocycles. The standard InChI is InChI=1S/C22H24N2O2/c1-15-19(25)23-11-7-21(15,8-12-23)17-3-5-18(6-4-17)22-9-13-24(14-10-22)20(26)16(22)2/h3-6H,1-2,7-14H2. The second-order valence-electron chi connectivity index (χ2n) is 8.28.